The van der Waals surface area contributed by atoms with E-state index in [2.05, 4.69) is 36.7 Å². The van der Waals surface area contributed by atoms with E-state index in [0.717, 1.165) is 6.54 Å². The van der Waals surface area contributed by atoms with E-state index >= 15 is 0 Å². The molecule has 1 aromatic heterocycles. The molecule has 0 aliphatic rings. The Bertz CT molecular complexity index is 590. The first-order valence-corrected chi connectivity index (χ1v) is 6.41. The third kappa shape index (κ3) is 2.72. The highest BCUT2D eigenvalue weighted by Gasteiger charge is 2.08. The van der Waals surface area contributed by atoms with Crippen molar-refractivity contribution in [1.29, 1.82) is 0 Å². The van der Waals surface area contributed by atoms with Crippen LogP contribution in [0.15, 0.2) is 24.3 Å². The molecule has 0 bridgehead atoms. The number of phenolic OH excluding ortho intramolecular Hbond substituents is 1. The van der Waals surface area contributed by atoms with Gasteiger partial charge in [0.25, 0.3) is 0 Å². The van der Waals surface area contributed by atoms with Gasteiger partial charge in [0.15, 0.2) is 11.6 Å². The van der Waals surface area contributed by atoms with E-state index in [1.807, 2.05) is 0 Å². The van der Waals surface area contributed by atoms with Crippen molar-refractivity contribution in [3.8, 4) is 5.75 Å². The van der Waals surface area contributed by atoms with Crippen molar-refractivity contribution >= 4 is 5.69 Å². The van der Waals surface area contributed by atoms with Crippen LogP contribution in [0.2, 0.25) is 0 Å². The van der Waals surface area contributed by atoms with Crippen LogP contribution in [0.5, 0.6) is 5.75 Å². The molecule has 0 unspecified atom stereocenters. The Balaban J connectivity index is 2.12. The molecule has 0 saturated heterocycles. The van der Waals surface area contributed by atoms with Crippen molar-refractivity contribution < 1.29 is 9.50 Å². The summed E-state index contributed by atoms with van der Waals surface area (Å²) in [5.74, 6) is -0.932. The molecule has 0 amide bonds. The number of nitrogens with one attached hydrogen (secondary N) is 1. The van der Waals surface area contributed by atoms with Crippen LogP contribution in [0, 0.1) is 19.7 Å². The molecule has 2 rings (SSSR count). The maximum Gasteiger partial charge on any atom is 0.166 e. The van der Waals surface area contributed by atoms with Crippen molar-refractivity contribution in [3.63, 3.8) is 0 Å². The van der Waals surface area contributed by atoms with Gasteiger partial charge < -0.3 is 15.0 Å². The number of rotatable bonds is 4. The normalized spacial score (nSPS) is 10.7. The predicted octanol–water partition coefficient (Wildman–Crippen LogP) is 3.58. The summed E-state index contributed by atoms with van der Waals surface area (Å²) in [5.41, 5.74) is 4.32. The summed E-state index contributed by atoms with van der Waals surface area (Å²) in [6, 6.07) is 6.46. The van der Waals surface area contributed by atoms with Gasteiger partial charge in [-0.1, -0.05) is 0 Å². The highest BCUT2D eigenvalue weighted by molar-refractivity contribution is 5.47. The van der Waals surface area contributed by atoms with E-state index in [1.165, 1.54) is 29.1 Å². The van der Waals surface area contributed by atoms with Gasteiger partial charge in [0.1, 0.15) is 0 Å². The van der Waals surface area contributed by atoms with Crippen molar-refractivity contribution in [3.05, 3.63) is 47.0 Å². The summed E-state index contributed by atoms with van der Waals surface area (Å²) >= 11 is 0. The second kappa shape index (κ2) is 5.34. The molecule has 0 aliphatic heterocycles. The Morgan fingerprint density at radius 1 is 1.26 bits per heavy atom. The van der Waals surface area contributed by atoms with Crippen molar-refractivity contribution in [1.82, 2.24) is 4.57 Å². The fourth-order valence-corrected chi connectivity index (χ4v) is 2.35. The van der Waals surface area contributed by atoms with Crippen LogP contribution in [0.1, 0.15) is 23.9 Å². The van der Waals surface area contributed by atoms with Gasteiger partial charge in [0, 0.05) is 36.2 Å². The van der Waals surface area contributed by atoms with Crippen molar-refractivity contribution in [2.45, 2.75) is 33.9 Å². The van der Waals surface area contributed by atoms with Crippen LogP contribution in [-0.2, 0) is 13.1 Å². The molecule has 2 N–H and O–H groups in total. The zero-order valence-electron chi connectivity index (χ0n) is 11.5. The number of anilines is 1. The van der Waals surface area contributed by atoms with E-state index in [4.69, 9.17) is 5.11 Å². The fraction of sp³-hybridized carbons (Fsp3) is 0.333. The van der Waals surface area contributed by atoms with Crippen LogP contribution in [0.25, 0.3) is 0 Å². The van der Waals surface area contributed by atoms with Gasteiger partial charge in [0.2, 0.25) is 0 Å². The standard InChI is InChI=1S/C15H19FN2O/c1-4-18-10(2)7-12(11(18)3)9-17-13-5-6-15(19)14(16)8-13/h5-8,17,19H,4,9H2,1-3H3. The molecule has 2 aromatic rings. The lowest BCUT2D eigenvalue weighted by molar-refractivity contribution is 0.432. The summed E-state index contributed by atoms with van der Waals surface area (Å²) in [6.07, 6.45) is 0. The average molecular weight is 262 g/mol. The monoisotopic (exact) mass is 262 g/mol. The van der Waals surface area contributed by atoms with E-state index in [1.54, 1.807) is 6.07 Å². The van der Waals surface area contributed by atoms with Crippen LogP contribution in [0.4, 0.5) is 10.1 Å². The molecule has 0 spiro atoms. The quantitative estimate of drug-likeness (QED) is 0.826. The number of aromatic nitrogens is 1. The number of hydrogen-bond acceptors (Lipinski definition) is 2. The van der Waals surface area contributed by atoms with Crippen molar-refractivity contribution in [2.24, 2.45) is 0 Å². The molecule has 0 radical (unpaired) electrons. The maximum atomic E-state index is 13.2. The Hall–Kier alpha value is -1.97. The van der Waals surface area contributed by atoms with Gasteiger partial charge in [-0.05, 0) is 44.5 Å². The summed E-state index contributed by atoms with van der Waals surface area (Å²) in [7, 11) is 0. The largest absolute Gasteiger partial charge is 0.505 e. The van der Waals surface area contributed by atoms with Gasteiger partial charge in [-0.25, -0.2) is 4.39 Å². The van der Waals surface area contributed by atoms with Crippen LogP contribution in [0.3, 0.4) is 0 Å². The minimum atomic E-state index is -0.607. The van der Waals surface area contributed by atoms with E-state index in [-0.39, 0.29) is 5.75 Å². The molecule has 0 aliphatic carbocycles. The fourth-order valence-electron chi connectivity index (χ4n) is 2.35. The van der Waals surface area contributed by atoms with E-state index in [9.17, 15) is 4.39 Å². The molecule has 1 aromatic carbocycles. The zero-order chi connectivity index (χ0) is 14.0. The maximum absolute atomic E-state index is 13.2. The summed E-state index contributed by atoms with van der Waals surface area (Å²) in [5, 5.41) is 12.3. The molecular formula is C15H19FN2O. The lowest BCUT2D eigenvalue weighted by atomic mass is 10.2. The number of aromatic hydroxyl groups is 1. The van der Waals surface area contributed by atoms with Gasteiger partial charge in [-0.15, -0.1) is 0 Å². The average Bonchev–Trinajstić information content (AvgIpc) is 2.65. The highest BCUT2D eigenvalue weighted by Crippen LogP contribution is 2.21. The van der Waals surface area contributed by atoms with Crippen LogP contribution in [-0.4, -0.2) is 9.67 Å². The van der Waals surface area contributed by atoms with Gasteiger partial charge in [-0.2, -0.15) is 0 Å². The highest BCUT2D eigenvalue weighted by atomic mass is 19.1. The van der Waals surface area contributed by atoms with Crippen molar-refractivity contribution in [2.75, 3.05) is 5.32 Å². The second-order valence-electron chi connectivity index (χ2n) is 4.66. The lowest BCUT2D eigenvalue weighted by Crippen LogP contribution is -2.03. The van der Waals surface area contributed by atoms with Crippen LogP contribution < -0.4 is 5.32 Å². The second-order valence-corrected chi connectivity index (χ2v) is 4.66. The van der Waals surface area contributed by atoms with Gasteiger partial charge in [0.05, 0.1) is 0 Å². The van der Waals surface area contributed by atoms with Gasteiger partial charge >= 0.3 is 0 Å². The molecule has 3 nitrogen and oxygen atoms in total. The first kappa shape index (κ1) is 13.5. The SMILES string of the molecule is CCn1c(C)cc(CNc2ccc(O)c(F)c2)c1C. The smallest absolute Gasteiger partial charge is 0.166 e. The molecule has 0 fully saturated rings. The molecule has 0 saturated carbocycles. The molecule has 4 heteroatoms. The summed E-state index contributed by atoms with van der Waals surface area (Å²) in [4.78, 5) is 0. The third-order valence-corrected chi connectivity index (χ3v) is 3.43. The number of benzene rings is 1. The number of nitrogens with zero attached hydrogens (tertiary/aromatic N) is 1. The van der Waals surface area contributed by atoms with Crippen LogP contribution >= 0.6 is 0 Å². The first-order chi connectivity index (χ1) is 9.02. The minimum Gasteiger partial charge on any atom is -0.505 e. The topological polar surface area (TPSA) is 37.2 Å². The summed E-state index contributed by atoms with van der Waals surface area (Å²) in [6.45, 7) is 7.88. The zero-order valence-corrected chi connectivity index (χ0v) is 11.5. The molecule has 19 heavy (non-hydrogen) atoms. The number of hydrogen-bond donors (Lipinski definition) is 2. The Morgan fingerprint density at radius 2 is 2.00 bits per heavy atom. The minimum absolute atomic E-state index is 0.324. The number of halogens is 1. The lowest BCUT2D eigenvalue weighted by Gasteiger charge is -2.08. The summed E-state index contributed by atoms with van der Waals surface area (Å²) < 4.78 is 15.5. The van der Waals surface area contributed by atoms with E-state index in [0.29, 0.717) is 12.2 Å². The molecule has 102 valence electrons. The number of phenols is 1. The Morgan fingerprint density at radius 3 is 2.58 bits per heavy atom. The molecular weight excluding hydrogens is 243 g/mol. The first-order valence-electron chi connectivity index (χ1n) is 6.41. The molecule has 1 heterocycles. The Labute approximate surface area is 112 Å². The van der Waals surface area contributed by atoms with Gasteiger partial charge in [-0.3, -0.25) is 0 Å². The molecule has 0 atom stereocenters. The number of aryl methyl sites for hydroxylation is 1. The third-order valence-electron chi connectivity index (χ3n) is 3.43. The Kier molecular flexibility index (Phi) is 3.79. The van der Waals surface area contributed by atoms with E-state index < -0.39 is 5.82 Å². The predicted molar refractivity (Wildman–Crippen MR) is 75.0 cm³/mol.